The van der Waals surface area contributed by atoms with Crippen molar-refractivity contribution >= 4 is 17.7 Å². The van der Waals surface area contributed by atoms with Crippen molar-refractivity contribution in [2.24, 2.45) is 0 Å². The van der Waals surface area contributed by atoms with E-state index in [9.17, 15) is 14.4 Å². The van der Waals surface area contributed by atoms with Crippen LogP contribution in [0.25, 0.3) is 0 Å². The largest absolute Gasteiger partial charge is 0.481 e. The average molecular weight is 285 g/mol. The first-order chi connectivity index (χ1) is 4.54. The van der Waals surface area contributed by atoms with Crippen LogP contribution in [-0.4, -0.2) is 27.9 Å². The third-order valence-electron chi connectivity index (χ3n) is 0.804. The Hall–Kier alpha value is -0.195. The zero-order chi connectivity index (χ0) is 8.15. The summed E-state index contributed by atoms with van der Waals surface area (Å²) in [5.41, 5.74) is 0. The Balaban J connectivity index is 0. The van der Waals surface area contributed by atoms with Crippen molar-refractivity contribution in [1.82, 2.24) is 0 Å². The molecule has 0 spiro atoms. The molecule has 0 bridgehead atoms. The van der Waals surface area contributed by atoms with Crippen molar-refractivity contribution in [1.29, 1.82) is 0 Å². The number of ketones is 1. The first-order valence-electron chi connectivity index (χ1n) is 2.52. The van der Waals surface area contributed by atoms with Gasteiger partial charge in [0.1, 0.15) is 0 Å². The summed E-state index contributed by atoms with van der Waals surface area (Å²) in [6, 6.07) is 0. The van der Waals surface area contributed by atoms with E-state index >= 15 is 0 Å². The number of hydrogen-bond acceptors (Lipinski definition) is 3. The summed E-state index contributed by atoms with van der Waals surface area (Å²) in [6.45, 7) is 0. The monoisotopic (exact) mass is 285 g/mol. The molecule has 0 aliphatic carbocycles. The standard InChI is InChI=1S/C5H6O5.La/c6-3(5(9)10)1-2-4(7)8;/h1-2H2,(H,7,8)(H,9,10);. The fourth-order valence-electron chi connectivity index (χ4n) is 0.327. The van der Waals surface area contributed by atoms with E-state index < -0.39 is 30.6 Å². The molecule has 0 rings (SSSR count). The SMILES string of the molecule is O=C(O)CCC(=O)C(=O)O.[La]. The number of rotatable bonds is 4. The second kappa shape index (κ2) is 6.51. The quantitative estimate of drug-likeness (QED) is 0.680. The molecule has 59 valence electrons. The van der Waals surface area contributed by atoms with Gasteiger partial charge in [0.2, 0.25) is 5.78 Å². The number of carbonyl (C=O) groups excluding carboxylic acids is 1. The van der Waals surface area contributed by atoms with Crippen LogP contribution in [0, 0.1) is 35.6 Å². The molecule has 0 atom stereocenters. The Morgan fingerprint density at radius 2 is 1.45 bits per heavy atom. The van der Waals surface area contributed by atoms with Gasteiger partial charge < -0.3 is 10.2 Å². The maximum Gasteiger partial charge on any atom is 0.372 e. The molecule has 0 aliphatic rings. The van der Waals surface area contributed by atoms with Crippen molar-refractivity contribution in [3.8, 4) is 0 Å². The van der Waals surface area contributed by atoms with Crippen molar-refractivity contribution in [3.05, 3.63) is 0 Å². The molecule has 6 heteroatoms. The predicted molar refractivity (Wildman–Crippen MR) is 29.5 cm³/mol. The number of carbonyl (C=O) groups is 3. The Kier molecular flexibility index (Phi) is 7.93. The summed E-state index contributed by atoms with van der Waals surface area (Å²) in [5.74, 6) is -3.82. The molecule has 5 nitrogen and oxygen atoms in total. The van der Waals surface area contributed by atoms with Gasteiger partial charge in [-0.1, -0.05) is 0 Å². The fourth-order valence-corrected chi connectivity index (χ4v) is 0.327. The third kappa shape index (κ3) is 7.70. The van der Waals surface area contributed by atoms with Gasteiger partial charge in [0, 0.05) is 42.0 Å². The maximum atomic E-state index is 10.2. The summed E-state index contributed by atoms with van der Waals surface area (Å²) in [6.07, 6.45) is -0.865. The predicted octanol–water partition coefficient (Wildman–Crippen LogP) is -0.495. The van der Waals surface area contributed by atoms with Crippen molar-refractivity contribution in [2.75, 3.05) is 0 Å². The van der Waals surface area contributed by atoms with Crippen LogP contribution in [0.2, 0.25) is 0 Å². The Labute approximate surface area is 90.4 Å². The number of carboxylic acid groups (broad SMARTS) is 2. The second-order valence-corrected chi connectivity index (χ2v) is 1.62. The number of aliphatic carboxylic acids is 2. The molecule has 0 heterocycles. The van der Waals surface area contributed by atoms with Gasteiger partial charge >= 0.3 is 11.9 Å². The molecular weight excluding hydrogens is 279 g/mol. The smallest absolute Gasteiger partial charge is 0.372 e. The van der Waals surface area contributed by atoms with Crippen molar-refractivity contribution < 1.29 is 60.2 Å². The van der Waals surface area contributed by atoms with Crippen LogP contribution in [0.1, 0.15) is 12.8 Å². The van der Waals surface area contributed by atoms with E-state index in [2.05, 4.69) is 0 Å². The Bertz CT molecular complexity index is 176. The van der Waals surface area contributed by atoms with Gasteiger partial charge in [-0.25, -0.2) is 4.79 Å². The molecule has 0 aromatic carbocycles. The van der Waals surface area contributed by atoms with E-state index in [1.807, 2.05) is 0 Å². The van der Waals surface area contributed by atoms with Gasteiger partial charge in [-0.05, 0) is 0 Å². The maximum absolute atomic E-state index is 10.2. The summed E-state index contributed by atoms with van der Waals surface area (Å²) >= 11 is 0. The number of carboxylic acids is 2. The van der Waals surface area contributed by atoms with Crippen LogP contribution >= 0.6 is 0 Å². The van der Waals surface area contributed by atoms with Crippen molar-refractivity contribution in [3.63, 3.8) is 0 Å². The minimum atomic E-state index is -1.58. The van der Waals surface area contributed by atoms with Crippen LogP contribution in [0.15, 0.2) is 0 Å². The normalized spacial score (nSPS) is 8.00. The van der Waals surface area contributed by atoms with E-state index in [1.165, 1.54) is 0 Å². The summed E-state index contributed by atoms with van der Waals surface area (Å²) in [7, 11) is 0. The van der Waals surface area contributed by atoms with E-state index in [1.54, 1.807) is 0 Å². The minimum Gasteiger partial charge on any atom is -0.481 e. The van der Waals surface area contributed by atoms with Crippen LogP contribution in [-0.2, 0) is 14.4 Å². The molecule has 0 amide bonds. The molecule has 0 saturated carbocycles. The zero-order valence-corrected chi connectivity index (χ0v) is 9.24. The third-order valence-corrected chi connectivity index (χ3v) is 0.804. The van der Waals surface area contributed by atoms with E-state index in [4.69, 9.17) is 10.2 Å². The van der Waals surface area contributed by atoms with Crippen LogP contribution in [0.5, 0.6) is 0 Å². The topological polar surface area (TPSA) is 91.7 Å². The minimum absolute atomic E-state index is 0. The molecule has 0 saturated heterocycles. The summed E-state index contributed by atoms with van der Waals surface area (Å²) < 4.78 is 0. The van der Waals surface area contributed by atoms with Gasteiger partial charge in [-0.15, -0.1) is 0 Å². The van der Waals surface area contributed by atoms with E-state index in [-0.39, 0.29) is 35.6 Å². The van der Waals surface area contributed by atoms with Gasteiger partial charge in [-0.2, -0.15) is 0 Å². The van der Waals surface area contributed by atoms with Gasteiger partial charge in [-0.3, -0.25) is 9.59 Å². The average Bonchev–Trinajstić information content (AvgIpc) is 1.82. The molecule has 0 aliphatic heterocycles. The van der Waals surface area contributed by atoms with Gasteiger partial charge in [0.25, 0.3) is 0 Å². The van der Waals surface area contributed by atoms with Crippen molar-refractivity contribution in [2.45, 2.75) is 12.8 Å². The van der Waals surface area contributed by atoms with E-state index in [0.717, 1.165) is 0 Å². The second-order valence-electron chi connectivity index (χ2n) is 1.62. The molecule has 1 radical (unpaired) electrons. The molecule has 2 N–H and O–H groups in total. The van der Waals surface area contributed by atoms with Crippen LogP contribution < -0.4 is 0 Å². The van der Waals surface area contributed by atoms with Gasteiger partial charge in [0.15, 0.2) is 0 Å². The zero-order valence-electron chi connectivity index (χ0n) is 5.61. The van der Waals surface area contributed by atoms with Gasteiger partial charge in [0.05, 0.1) is 6.42 Å². The first-order valence-corrected chi connectivity index (χ1v) is 2.52. The van der Waals surface area contributed by atoms with Crippen LogP contribution in [0.3, 0.4) is 0 Å². The Morgan fingerprint density at radius 1 is 1.00 bits per heavy atom. The molecule has 11 heavy (non-hydrogen) atoms. The first kappa shape index (κ1) is 13.4. The number of Topliss-reactive ketones (excluding diaryl/α,β-unsaturated/α-hetero) is 1. The molecule has 0 aromatic rings. The van der Waals surface area contributed by atoms with Crippen LogP contribution in [0.4, 0.5) is 0 Å². The molecule has 0 unspecified atom stereocenters. The number of hydrogen-bond donors (Lipinski definition) is 2. The fraction of sp³-hybridized carbons (Fsp3) is 0.400. The molecule has 0 aromatic heterocycles. The Morgan fingerprint density at radius 3 is 1.73 bits per heavy atom. The molecule has 0 fully saturated rings. The summed E-state index contributed by atoms with van der Waals surface area (Å²) in [4.78, 5) is 29.7. The summed E-state index contributed by atoms with van der Waals surface area (Å²) in [5, 5.41) is 16.0. The molecular formula is C5H6LaO5. The van der Waals surface area contributed by atoms with E-state index in [0.29, 0.717) is 0 Å².